The number of thiophene rings is 1. The molecule has 1 aromatic rings. The van der Waals surface area contributed by atoms with Gasteiger partial charge in [-0.25, -0.2) is 9.59 Å². The summed E-state index contributed by atoms with van der Waals surface area (Å²) in [5.74, 6) is -0.841. The van der Waals surface area contributed by atoms with E-state index in [-0.39, 0.29) is 24.1 Å². The van der Waals surface area contributed by atoms with E-state index in [1.807, 2.05) is 18.7 Å². The highest BCUT2D eigenvalue weighted by Crippen LogP contribution is 2.40. The highest BCUT2D eigenvalue weighted by atomic mass is 32.1. The zero-order chi connectivity index (χ0) is 20.5. The van der Waals surface area contributed by atoms with Crippen molar-refractivity contribution >= 4 is 34.2 Å². The zero-order valence-corrected chi connectivity index (χ0v) is 17.2. The van der Waals surface area contributed by atoms with E-state index in [1.165, 1.54) is 18.4 Å². The molecule has 3 rings (SSSR count). The molecule has 28 heavy (non-hydrogen) atoms. The van der Waals surface area contributed by atoms with Gasteiger partial charge in [-0.3, -0.25) is 15.0 Å². The first-order valence-corrected chi connectivity index (χ1v) is 9.95. The zero-order valence-electron chi connectivity index (χ0n) is 16.4. The van der Waals surface area contributed by atoms with Crippen LogP contribution in [0.1, 0.15) is 34.6 Å². The third-order valence-electron chi connectivity index (χ3n) is 4.94. The smallest absolute Gasteiger partial charge is 0.341 e. The van der Waals surface area contributed by atoms with E-state index in [4.69, 9.17) is 15.2 Å². The van der Waals surface area contributed by atoms with Crippen LogP contribution in [0.25, 0.3) is 0 Å². The van der Waals surface area contributed by atoms with Crippen molar-refractivity contribution in [1.29, 1.82) is 0 Å². The number of amides is 3. The topological polar surface area (TPSA) is 114 Å². The quantitative estimate of drug-likeness (QED) is 0.717. The van der Waals surface area contributed by atoms with Crippen molar-refractivity contribution in [2.24, 2.45) is 5.73 Å². The molecule has 3 N–H and O–H groups in total. The van der Waals surface area contributed by atoms with Crippen LogP contribution in [0, 0.1) is 0 Å². The van der Waals surface area contributed by atoms with Gasteiger partial charge < -0.3 is 20.1 Å². The summed E-state index contributed by atoms with van der Waals surface area (Å²) in [6.45, 7) is 6.64. The number of hydrogen-bond donors (Lipinski definition) is 2. The minimum Gasteiger partial charge on any atom is -0.465 e. The van der Waals surface area contributed by atoms with Gasteiger partial charge in [0.25, 0.3) is 0 Å². The van der Waals surface area contributed by atoms with E-state index >= 15 is 0 Å². The number of anilines is 1. The van der Waals surface area contributed by atoms with Gasteiger partial charge in [-0.05, 0) is 19.4 Å². The normalized spacial score (nSPS) is 19.0. The Morgan fingerprint density at radius 1 is 1.25 bits per heavy atom. The monoisotopic (exact) mass is 410 g/mol. The summed E-state index contributed by atoms with van der Waals surface area (Å²) in [7, 11) is 1.33. The second-order valence-corrected chi connectivity index (χ2v) is 8.69. The molecule has 0 spiro atoms. The van der Waals surface area contributed by atoms with Crippen molar-refractivity contribution < 1.29 is 23.9 Å². The number of esters is 1. The predicted molar refractivity (Wildman–Crippen MR) is 104 cm³/mol. The fraction of sp³-hybridized carbons (Fsp3) is 0.611. The molecule has 1 saturated heterocycles. The van der Waals surface area contributed by atoms with Crippen LogP contribution < -0.4 is 11.1 Å². The number of ether oxygens (including phenoxy) is 2. The lowest BCUT2D eigenvalue weighted by molar-refractivity contribution is -0.119. The number of nitrogens with two attached hydrogens (primary N) is 1. The Morgan fingerprint density at radius 2 is 1.93 bits per heavy atom. The highest BCUT2D eigenvalue weighted by Gasteiger charge is 2.35. The molecule has 0 aliphatic carbocycles. The molecule has 0 unspecified atom stereocenters. The minimum absolute atomic E-state index is 0.190. The van der Waals surface area contributed by atoms with Gasteiger partial charge in [-0.2, -0.15) is 0 Å². The lowest BCUT2D eigenvalue weighted by atomic mass is 9.93. The molecule has 1 aromatic heterocycles. The molecule has 3 amide bonds. The molecule has 0 saturated carbocycles. The molecule has 0 atom stereocenters. The van der Waals surface area contributed by atoms with Gasteiger partial charge in [0, 0.05) is 37.5 Å². The molecule has 2 aliphatic heterocycles. The van der Waals surface area contributed by atoms with Crippen molar-refractivity contribution in [1.82, 2.24) is 9.80 Å². The first kappa shape index (κ1) is 20.6. The maximum Gasteiger partial charge on any atom is 0.341 e. The average Bonchev–Trinajstić information content (AvgIpc) is 2.97. The summed E-state index contributed by atoms with van der Waals surface area (Å²) in [4.78, 5) is 40.7. The summed E-state index contributed by atoms with van der Waals surface area (Å²) in [6, 6.07) is -0.275. The molecule has 3 heterocycles. The van der Waals surface area contributed by atoms with Crippen molar-refractivity contribution in [2.75, 3.05) is 45.2 Å². The number of piperazine rings is 1. The fourth-order valence-corrected chi connectivity index (χ4v) is 4.57. The first-order valence-electron chi connectivity index (χ1n) is 9.13. The summed E-state index contributed by atoms with van der Waals surface area (Å²) in [6.07, 6.45) is 0.574. The Kier molecular flexibility index (Phi) is 5.92. The van der Waals surface area contributed by atoms with E-state index in [0.29, 0.717) is 49.8 Å². The maximum atomic E-state index is 12.7. The van der Waals surface area contributed by atoms with Crippen LogP contribution in [0.5, 0.6) is 0 Å². The highest BCUT2D eigenvalue weighted by molar-refractivity contribution is 7.17. The molecule has 10 heteroatoms. The van der Waals surface area contributed by atoms with Gasteiger partial charge in [-0.1, -0.05) is 0 Å². The Hall–Kier alpha value is -2.17. The van der Waals surface area contributed by atoms with Crippen LogP contribution >= 0.6 is 11.3 Å². The van der Waals surface area contributed by atoms with Crippen LogP contribution in [0.3, 0.4) is 0 Å². The van der Waals surface area contributed by atoms with Crippen molar-refractivity contribution in [2.45, 2.75) is 32.5 Å². The molecule has 2 aliphatic rings. The van der Waals surface area contributed by atoms with Crippen LogP contribution in [0.15, 0.2) is 0 Å². The largest absolute Gasteiger partial charge is 0.465 e. The number of methoxy groups -OCH3 is 1. The van der Waals surface area contributed by atoms with Crippen molar-refractivity contribution in [3.05, 3.63) is 16.0 Å². The van der Waals surface area contributed by atoms with Gasteiger partial charge in [0.1, 0.15) is 5.00 Å². The molecule has 0 aromatic carbocycles. The third kappa shape index (κ3) is 4.45. The van der Waals surface area contributed by atoms with Crippen LogP contribution in [-0.2, 0) is 27.3 Å². The van der Waals surface area contributed by atoms with E-state index in [2.05, 4.69) is 5.32 Å². The van der Waals surface area contributed by atoms with Gasteiger partial charge in [-0.15, -0.1) is 11.3 Å². The molecule has 154 valence electrons. The number of rotatable bonds is 4. The van der Waals surface area contributed by atoms with E-state index in [0.717, 1.165) is 10.4 Å². The van der Waals surface area contributed by atoms with Gasteiger partial charge in [0.2, 0.25) is 5.91 Å². The van der Waals surface area contributed by atoms with Crippen LogP contribution in [-0.4, -0.2) is 73.1 Å². The van der Waals surface area contributed by atoms with E-state index in [9.17, 15) is 14.4 Å². The predicted octanol–water partition coefficient (Wildman–Crippen LogP) is 1.02. The number of hydrogen-bond acceptors (Lipinski definition) is 7. The number of nitrogens with one attached hydrogen (secondary N) is 1. The third-order valence-corrected chi connectivity index (χ3v) is 6.06. The Labute approximate surface area is 167 Å². The first-order chi connectivity index (χ1) is 13.2. The number of nitrogens with zero attached hydrogens (tertiary/aromatic N) is 2. The Bertz CT molecular complexity index is 783. The van der Waals surface area contributed by atoms with E-state index < -0.39 is 5.97 Å². The number of primary amides is 1. The summed E-state index contributed by atoms with van der Waals surface area (Å²) in [5, 5.41) is 3.36. The minimum atomic E-state index is -0.461. The summed E-state index contributed by atoms with van der Waals surface area (Å²) < 4.78 is 10.8. The lowest BCUT2D eigenvalue weighted by Crippen LogP contribution is -2.51. The van der Waals surface area contributed by atoms with Crippen LogP contribution in [0.4, 0.5) is 9.80 Å². The van der Waals surface area contributed by atoms with Gasteiger partial charge in [0.05, 0.1) is 31.4 Å². The molecule has 9 nitrogen and oxygen atoms in total. The number of urea groups is 1. The standard InChI is InChI=1S/C18H26N4O5S/c1-18(2)8-11-12(10-27-18)28-15(14(11)16(24)26-3)20-17(25)22-6-4-21(5-7-22)9-13(19)23/h4-10H2,1-3H3,(H2,19,23)(H,20,25). The lowest BCUT2D eigenvalue weighted by Gasteiger charge is -2.33. The number of fused-ring (bicyclic) bond motifs is 1. The Morgan fingerprint density at radius 3 is 2.54 bits per heavy atom. The Balaban J connectivity index is 1.74. The molecule has 0 radical (unpaired) electrons. The summed E-state index contributed by atoms with van der Waals surface area (Å²) in [5.41, 5.74) is 6.14. The van der Waals surface area contributed by atoms with E-state index in [1.54, 1.807) is 4.90 Å². The second kappa shape index (κ2) is 8.06. The van der Waals surface area contributed by atoms with Crippen molar-refractivity contribution in [3.63, 3.8) is 0 Å². The average molecular weight is 410 g/mol. The number of carbonyl (C=O) groups is 3. The second-order valence-electron chi connectivity index (χ2n) is 7.58. The maximum absolute atomic E-state index is 12.7. The SMILES string of the molecule is COC(=O)c1c(NC(=O)N2CCN(CC(N)=O)CC2)sc2c1CC(C)(C)OC2. The molecule has 0 bridgehead atoms. The van der Waals surface area contributed by atoms with Gasteiger partial charge >= 0.3 is 12.0 Å². The van der Waals surface area contributed by atoms with Crippen molar-refractivity contribution in [3.8, 4) is 0 Å². The number of carbonyl (C=O) groups excluding carboxylic acids is 3. The molecule has 1 fully saturated rings. The fourth-order valence-electron chi connectivity index (χ4n) is 3.47. The summed E-state index contributed by atoms with van der Waals surface area (Å²) >= 11 is 1.35. The molecular formula is C18H26N4O5S. The van der Waals surface area contributed by atoms with Crippen LogP contribution in [0.2, 0.25) is 0 Å². The molecular weight excluding hydrogens is 384 g/mol. The van der Waals surface area contributed by atoms with Gasteiger partial charge in [0.15, 0.2) is 0 Å².